The highest BCUT2D eigenvalue weighted by atomic mass is 35.5. The van der Waals surface area contributed by atoms with E-state index in [0.717, 1.165) is 6.07 Å². The number of nitrogens with zero attached hydrogens (tertiary/aromatic N) is 5. The smallest absolute Gasteiger partial charge is 0.328 e. The largest absolute Gasteiger partial charge is 0.423 e. The summed E-state index contributed by atoms with van der Waals surface area (Å²) >= 11 is 5.88. The standard InChI is InChI=1S/C12H8ClFN6O/c13-8-5-7(14)1-2-9(8)21-12-18-10(15)17-11(19-12)20-4-3-16-6-20/h1-6H,(H2,15,17,18,19). The SMILES string of the molecule is Nc1nc(Oc2ccc(F)cc2Cl)nc(-n2ccnc2)n1. The number of ether oxygens (including phenoxy) is 1. The van der Waals surface area contributed by atoms with Gasteiger partial charge in [-0.05, 0) is 18.2 Å². The van der Waals surface area contributed by atoms with Crippen molar-refractivity contribution in [2.45, 2.75) is 0 Å². The van der Waals surface area contributed by atoms with Gasteiger partial charge in [0, 0.05) is 12.4 Å². The average molecular weight is 307 g/mol. The van der Waals surface area contributed by atoms with Crippen LogP contribution in [0.5, 0.6) is 11.8 Å². The third-order valence-electron chi connectivity index (χ3n) is 2.45. The minimum absolute atomic E-state index is 0.0260. The molecule has 0 aliphatic carbocycles. The molecule has 7 nitrogen and oxygen atoms in total. The summed E-state index contributed by atoms with van der Waals surface area (Å²) in [5.74, 6) is -0.0444. The van der Waals surface area contributed by atoms with Crippen molar-refractivity contribution >= 4 is 17.5 Å². The minimum Gasteiger partial charge on any atom is -0.423 e. The van der Waals surface area contributed by atoms with Gasteiger partial charge in [0.15, 0.2) is 0 Å². The Balaban J connectivity index is 1.95. The molecule has 3 rings (SSSR count). The molecule has 3 aromatic rings. The summed E-state index contributed by atoms with van der Waals surface area (Å²) in [4.78, 5) is 15.8. The number of halogens is 2. The van der Waals surface area contributed by atoms with Crippen molar-refractivity contribution in [2.24, 2.45) is 0 Å². The van der Waals surface area contributed by atoms with Crippen LogP contribution in [-0.4, -0.2) is 24.5 Å². The first-order valence-corrected chi connectivity index (χ1v) is 6.12. The van der Waals surface area contributed by atoms with E-state index in [9.17, 15) is 4.39 Å². The van der Waals surface area contributed by atoms with Crippen LogP contribution in [-0.2, 0) is 0 Å². The van der Waals surface area contributed by atoms with Gasteiger partial charge in [-0.25, -0.2) is 9.37 Å². The van der Waals surface area contributed by atoms with E-state index in [1.54, 1.807) is 12.4 Å². The lowest BCUT2D eigenvalue weighted by Crippen LogP contribution is -2.06. The summed E-state index contributed by atoms with van der Waals surface area (Å²) in [5, 5.41) is 0.0955. The van der Waals surface area contributed by atoms with Crippen LogP contribution >= 0.6 is 11.6 Å². The second kappa shape index (κ2) is 5.33. The average Bonchev–Trinajstić information content (AvgIpc) is 2.95. The molecule has 0 saturated heterocycles. The van der Waals surface area contributed by atoms with Crippen LogP contribution in [0, 0.1) is 5.82 Å². The Kier molecular flexibility index (Phi) is 3.36. The van der Waals surface area contributed by atoms with E-state index < -0.39 is 5.82 Å². The van der Waals surface area contributed by atoms with Crippen molar-refractivity contribution in [1.82, 2.24) is 24.5 Å². The van der Waals surface area contributed by atoms with Gasteiger partial charge in [0.1, 0.15) is 17.9 Å². The molecule has 2 aromatic heterocycles. The zero-order valence-electron chi connectivity index (χ0n) is 10.4. The Morgan fingerprint density at radius 1 is 1.24 bits per heavy atom. The lowest BCUT2D eigenvalue weighted by Gasteiger charge is -2.07. The maximum Gasteiger partial charge on any atom is 0.328 e. The number of nitrogen functional groups attached to an aromatic ring is 1. The fraction of sp³-hybridized carbons (Fsp3) is 0. The maximum atomic E-state index is 13.0. The molecule has 0 aliphatic rings. The second-order valence-corrected chi connectivity index (χ2v) is 4.33. The van der Waals surface area contributed by atoms with Crippen molar-refractivity contribution in [3.05, 3.63) is 47.8 Å². The monoisotopic (exact) mass is 306 g/mol. The zero-order chi connectivity index (χ0) is 14.8. The number of nitrogens with two attached hydrogens (primary N) is 1. The quantitative estimate of drug-likeness (QED) is 0.797. The van der Waals surface area contributed by atoms with E-state index in [2.05, 4.69) is 19.9 Å². The van der Waals surface area contributed by atoms with Gasteiger partial charge in [0.2, 0.25) is 11.9 Å². The summed E-state index contributed by atoms with van der Waals surface area (Å²) in [6.07, 6.45) is 4.71. The van der Waals surface area contributed by atoms with Gasteiger partial charge in [0.05, 0.1) is 5.02 Å². The van der Waals surface area contributed by atoms with Crippen LogP contribution < -0.4 is 10.5 Å². The van der Waals surface area contributed by atoms with E-state index in [4.69, 9.17) is 22.1 Å². The molecule has 0 spiro atoms. The number of imidazole rings is 1. The summed E-state index contributed by atoms with van der Waals surface area (Å²) in [6.45, 7) is 0. The molecule has 2 N–H and O–H groups in total. The fourth-order valence-electron chi connectivity index (χ4n) is 1.56. The molecule has 0 radical (unpaired) electrons. The number of benzene rings is 1. The molecular formula is C12H8ClFN6O. The van der Waals surface area contributed by atoms with E-state index >= 15 is 0 Å². The van der Waals surface area contributed by atoms with Crippen LogP contribution in [0.1, 0.15) is 0 Å². The van der Waals surface area contributed by atoms with E-state index in [-0.39, 0.29) is 28.7 Å². The summed E-state index contributed by atoms with van der Waals surface area (Å²) in [7, 11) is 0. The molecule has 0 saturated carbocycles. The summed E-state index contributed by atoms with van der Waals surface area (Å²) in [6, 6.07) is 3.65. The summed E-state index contributed by atoms with van der Waals surface area (Å²) in [5.41, 5.74) is 5.61. The second-order valence-electron chi connectivity index (χ2n) is 3.92. The molecule has 2 heterocycles. The zero-order valence-corrected chi connectivity index (χ0v) is 11.2. The first-order chi connectivity index (χ1) is 10.1. The number of hydrogen-bond acceptors (Lipinski definition) is 6. The number of rotatable bonds is 3. The maximum absolute atomic E-state index is 13.0. The van der Waals surface area contributed by atoms with Gasteiger partial charge in [-0.15, -0.1) is 0 Å². The van der Waals surface area contributed by atoms with Gasteiger partial charge in [-0.1, -0.05) is 11.6 Å². The highest BCUT2D eigenvalue weighted by molar-refractivity contribution is 6.32. The molecule has 0 fully saturated rings. The van der Waals surface area contributed by atoms with Crippen molar-refractivity contribution in [1.29, 1.82) is 0 Å². The van der Waals surface area contributed by atoms with Crippen molar-refractivity contribution in [2.75, 3.05) is 5.73 Å². The molecule has 0 amide bonds. The van der Waals surface area contributed by atoms with Gasteiger partial charge < -0.3 is 10.5 Å². The minimum atomic E-state index is -0.471. The molecular weight excluding hydrogens is 299 g/mol. The lowest BCUT2D eigenvalue weighted by molar-refractivity contribution is 0.438. The Hall–Kier alpha value is -2.74. The molecule has 1 aromatic carbocycles. The molecule has 0 unspecified atom stereocenters. The molecule has 0 bridgehead atoms. The number of aromatic nitrogens is 5. The number of hydrogen-bond donors (Lipinski definition) is 1. The molecule has 9 heteroatoms. The Bertz CT molecular complexity index is 779. The first kappa shape index (κ1) is 13.3. The predicted octanol–water partition coefficient (Wildman–Crippen LogP) is 2.22. The number of anilines is 1. The molecule has 106 valence electrons. The highest BCUT2D eigenvalue weighted by Crippen LogP contribution is 2.28. The van der Waals surface area contributed by atoms with Gasteiger partial charge in [-0.3, -0.25) is 4.57 Å². The highest BCUT2D eigenvalue weighted by Gasteiger charge is 2.10. The molecule has 0 aliphatic heterocycles. The van der Waals surface area contributed by atoms with Crippen molar-refractivity contribution in [3.8, 4) is 17.7 Å². The molecule has 0 atom stereocenters. The lowest BCUT2D eigenvalue weighted by atomic mass is 10.3. The van der Waals surface area contributed by atoms with Gasteiger partial charge in [0.25, 0.3) is 0 Å². The van der Waals surface area contributed by atoms with Crippen LogP contribution in [0.4, 0.5) is 10.3 Å². The third-order valence-corrected chi connectivity index (χ3v) is 2.75. The summed E-state index contributed by atoms with van der Waals surface area (Å²) < 4.78 is 19.9. The first-order valence-electron chi connectivity index (χ1n) is 5.74. The van der Waals surface area contributed by atoms with Crippen LogP contribution in [0.25, 0.3) is 5.95 Å². The van der Waals surface area contributed by atoms with Crippen molar-refractivity contribution in [3.63, 3.8) is 0 Å². The van der Waals surface area contributed by atoms with Crippen LogP contribution in [0.2, 0.25) is 5.02 Å². The van der Waals surface area contributed by atoms with Crippen LogP contribution in [0.15, 0.2) is 36.9 Å². The fourth-order valence-corrected chi connectivity index (χ4v) is 1.76. The van der Waals surface area contributed by atoms with Gasteiger partial charge >= 0.3 is 6.01 Å². The van der Waals surface area contributed by atoms with E-state index in [1.807, 2.05) is 0 Å². The predicted molar refractivity (Wildman–Crippen MR) is 72.8 cm³/mol. The van der Waals surface area contributed by atoms with Crippen molar-refractivity contribution < 1.29 is 9.13 Å². The Labute approximate surface area is 123 Å². The normalized spacial score (nSPS) is 10.6. The topological polar surface area (TPSA) is 91.7 Å². The van der Waals surface area contributed by atoms with Crippen LogP contribution in [0.3, 0.4) is 0 Å². The molecule has 21 heavy (non-hydrogen) atoms. The van der Waals surface area contributed by atoms with E-state index in [0.29, 0.717) is 0 Å². The van der Waals surface area contributed by atoms with Gasteiger partial charge in [-0.2, -0.15) is 15.0 Å². The Morgan fingerprint density at radius 2 is 2.10 bits per heavy atom. The van der Waals surface area contributed by atoms with E-state index in [1.165, 1.54) is 23.0 Å². The third kappa shape index (κ3) is 2.90. The Morgan fingerprint density at radius 3 is 2.81 bits per heavy atom.